The van der Waals surface area contributed by atoms with Gasteiger partial charge in [-0.1, -0.05) is 32.3 Å². The van der Waals surface area contributed by atoms with Crippen LogP contribution in [0.4, 0.5) is 0 Å². The number of H-pyrrole nitrogens is 1. The van der Waals surface area contributed by atoms with Gasteiger partial charge >= 0.3 is 0 Å². The van der Waals surface area contributed by atoms with E-state index in [9.17, 15) is 0 Å². The summed E-state index contributed by atoms with van der Waals surface area (Å²) >= 11 is 0. The second-order valence-corrected chi connectivity index (χ2v) is 6.18. The van der Waals surface area contributed by atoms with Gasteiger partial charge in [0.25, 0.3) is 0 Å². The number of fused-ring (bicyclic) bond motifs is 1. The van der Waals surface area contributed by atoms with Crippen LogP contribution in [-0.2, 0) is 5.41 Å². The lowest BCUT2D eigenvalue weighted by molar-refractivity contribution is 0.306. The number of aromatic amines is 1. The van der Waals surface area contributed by atoms with Crippen LogP contribution in [0.3, 0.4) is 0 Å². The van der Waals surface area contributed by atoms with Crippen LogP contribution in [0.1, 0.15) is 56.0 Å². The highest BCUT2D eigenvalue weighted by Crippen LogP contribution is 2.38. The topological polar surface area (TPSA) is 28.7 Å². The Morgan fingerprint density at radius 1 is 1.11 bits per heavy atom. The fourth-order valence-electron chi connectivity index (χ4n) is 3.33. The first kappa shape index (κ1) is 11.8. The van der Waals surface area contributed by atoms with Crippen molar-refractivity contribution in [1.29, 1.82) is 0 Å². The second-order valence-electron chi connectivity index (χ2n) is 6.18. The Morgan fingerprint density at radius 2 is 1.83 bits per heavy atom. The predicted molar refractivity (Wildman–Crippen MR) is 76.0 cm³/mol. The minimum absolute atomic E-state index is 0.262. The van der Waals surface area contributed by atoms with Crippen molar-refractivity contribution in [1.82, 2.24) is 9.97 Å². The molecule has 2 heteroatoms. The third-order valence-electron chi connectivity index (χ3n) is 4.45. The predicted octanol–water partition coefficient (Wildman–Crippen LogP) is 4.40. The third-order valence-corrected chi connectivity index (χ3v) is 4.45. The fourth-order valence-corrected chi connectivity index (χ4v) is 3.33. The highest BCUT2D eigenvalue weighted by Gasteiger charge is 2.31. The molecule has 0 atom stereocenters. The van der Waals surface area contributed by atoms with E-state index in [1.807, 2.05) is 0 Å². The number of rotatable bonds is 1. The first-order valence-corrected chi connectivity index (χ1v) is 7.06. The van der Waals surface area contributed by atoms with Crippen LogP contribution in [0, 0.1) is 13.8 Å². The molecule has 0 radical (unpaired) electrons. The average Bonchev–Trinajstić information content (AvgIpc) is 2.74. The first-order valence-electron chi connectivity index (χ1n) is 7.06. The molecule has 0 spiro atoms. The number of nitrogens with zero attached hydrogens (tertiary/aromatic N) is 1. The number of hydrogen-bond acceptors (Lipinski definition) is 1. The molecule has 18 heavy (non-hydrogen) atoms. The minimum atomic E-state index is 0.262. The van der Waals surface area contributed by atoms with E-state index in [1.54, 1.807) is 0 Å². The smallest absolute Gasteiger partial charge is 0.113 e. The van der Waals surface area contributed by atoms with Gasteiger partial charge in [-0.2, -0.15) is 0 Å². The molecule has 1 aromatic carbocycles. The largest absolute Gasteiger partial charge is 0.341 e. The maximum absolute atomic E-state index is 4.89. The quantitative estimate of drug-likeness (QED) is 0.788. The summed E-state index contributed by atoms with van der Waals surface area (Å²) < 4.78 is 0. The van der Waals surface area contributed by atoms with Gasteiger partial charge in [-0.25, -0.2) is 4.98 Å². The zero-order chi connectivity index (χ0) is 12.8. The molecular weight excluding hydrogens is 220 g/mol. The maximum atomic E-state index is 4.89. The minimum Gasteiger partial charge on any atom is -0.341 e. The van der Waals surface area contributed by atoms with Crippen LogP contribution >= 0.6 is 0 Å². The van der Waals surface area contributed by atoms with Crippen LogP contribution in [0.25, 0.3) is 11.0 Å². The molecule has 0 amide bonds. The molecule has 96 valence electrons. The summed E-state index contributed by atoms with van der Waals surface area (Å²) in [5, 5.41) is 0. The van der Waals surface area contributed by atoms with E-state index < -0.39 is 0 Å². The van der Waals surface area contributed by atoms with Crippen LogP contribution in [0.15, 0.2) is 12.1 Å². The van der Waals surface area contributed by atoms with Gasteiger partial charge in [-0.15, -0.1) is 0 Å². The molecule has 2 aromatic rings. The van der Waals surface area contributed by atoms with Gasteiger partial charge in [0.1, 0.15) is 5.82 Å². The molecule has 0 unspecified atom stereocenters. The Bertz CT molecular complexity index is 574. The molecule has 1 aromatic heterocycles. The summed E-state index contributed by atoms with van der Waals surface area (Å²) in [6.45, 7) is 6.67. The van der Waals surface area contributed by atoms with E-state index in [2.05, 4.69) is 37.9 Å². The Labute approximate surface area is 109 Å². The number of hydrogen-bond donors (Lipinski definition) is 1. The van der Waals surface area contributed by atoms with Crippen molar-refractivity contribution < 1.29 is 0 Å². The Hall–Kier alpha value is -1.31. The molecule has 1 N–H and O–H groups in total. The number of benzene rings is 1. The summed E-state index contributed by atoms with van der Waals surface area (Å²) in [5.41, 5.74) is 5.21. The van der Waals surface area contributed by atoms with E-state index in [4.69, 9.17) is 4.98 Å². The van der Waals surface area contributed by atoms with E-state index in [0.29, 0.717) is 0 Å². The average molecular weight is 242 g/mol. The van der Waals surface area contributed by atoms with E-state index in [1.165, 1.54) is 54.6 Å². The zero-order valence-electron chi connectivity index (χ0n) is 11.6. The Morgan fingerprint density at radius 3 is 2.56 bits per heavy atom. The molecular formula is C16H22N2. The molecule has 0 bridgehead atoms. The Kier molecular flexibility index (Phi) is 2.69. The van der Waals surface area contributed by atoms with Crippen molar-refractivity contribution in [3.05, 3.63) is 29.1 Å². The van der Waals surface area contributed by atoms with Gasteiger partial charge in [0, 0.05) is 5.41 Å². The van der Waals surface area contributed by atoms with Crippen molar-refractivity contribution in [2.75, 3.05) is 0 Å². The molecule has 1 aliphatic carbocycles. The van der Waals surface area contributed by atoms with Gasteiger partial charge in [0.05, 0.1) is 11.0 Å². The lowest BCUT2D eigenvalue weighted by Crippen LogP contribution is -2.26. The van der Waals surface area contributed by atoms with Crippen LogP contribution in [-0.4, -0.2) is 9.97 Å². The lowest BCUT2D eigenvalue weighted by atomic mass is 9.75. The number of aromatic nitrogens is 2. The summed E-state index contributed by atoms with van der Waals surface area (Å²) in [6, 6.07) is 4.43. The highest BCUT2D eigenvalue weighted by atomic mass is 14.9. The first-order chi connectivity index (χ1) is 8.58. The van der Waals surface area contributed by atoms with E-state index in [0.717, 1.165) is 5.52 Å². The summed E-state index contributed by atoms with van der Waals surface area (Å²) in [6.07, 6.45) is 6.60. The highest BCUT2D eigenvalue weighted by molar-refractivity contribution is 5.79. The van der Waals surface area contributed by atoms with E-state index >= 15 is 0 Å². The molecule has 2 nitrogen and oxygen atoms in total. The monoisotopic (exact) mass is 242 g/mol. The molecule has 1 saturated carbocycles. The lowest BCUT2D eigenvalue weighted by Gasteiger charge is -2.31. The molecule has 0 saturated heterocycles. The zero-order valence-corrected chi connectivity index (χ0v) is 11.6. The standard InChI is InChI=1S/C16H22N2/c1-11-9-12(2)14-13(10-11)17-15(18-14)16(3)7-5-4-6-8-16/h9-10H,4-8H2,1-3H3,(H,17,18). The van der Waals surface area contributed by atoms with Gasteiger partial charge in [0.15, 0.2) is 0 Å². The molecule has 0 aliphatic heterocycles. The van der Waals surface area contributed by atoms with Crippen molar-refractivity contribution in [3.8, 4) is 0 Å². The van der Waals surface area contributed by atoms with Gasteiger partial charge in [-0.3, -0.25) is 0 Å². The molecule has 1 heterocycles. The number of nitrogens with one attached hydrogen (secondary N) is 1. The van der Waals surface area contributed by atoms with Crippen molar-refractivity contribution in [2.45, 2.75) is 58.3 Å². The van der Waals surface area contributed by atoms with E-state index in [-0.39, 0.29) is 5.41 Å². The fraction of sp³-hybridized carbons (Fsp3) is 0.562. The maximum Gasteiger partial charge on any atom is 0.113 e. The van der Waals surface area contributed by atoms with Gasteiger partial charge in [0.2, 0.25) is 0 Å². The van der Waals surface area contributed by atoms with Crippen molar-refractivity contribution >= 4 is 11.0 Å². The molecule has 3 rings (SSSR count). The summed E-state index contributed by atoms with van der Waals surface area (Å²) in [7, 11) is 0. The number of aryl methyl sites for hydroxylation is 2. The van der Waals surface area contributed by atoms with Crippen LogP contribution in [0.5, 0.6) is 0 Å². The number of imidazole rings is 1. The van der Waals surface area contributed by atoms with Gasteiger partial charge in [-0.05, 0) is 43.9 Å². The van der Waals surface area contributed by atoms with Gasteiger partial charge < -0.3 is 4.98 Å². The second kappa shape index (κ2) is 4.11. The van der Waals surface area contributed by atoms with Crippen molar-refractivity contribution in [2.24, 2.45) is 0 Å². The van der Waals surface area contributed by atoms with Crippen LogP contribution in [0.2, 0.25) is 0 Å². The summed E-state index contributed by atoms with van der Waals surface area (Å²) in [4.78, 5) is 8.47. The molecule has 1 fully saturated rings. The summed E-state index contributed by atoms with van der Waals surface area (Å²) in [5.74, 6) is 1.20. The van der Waals surface area contributed by atoms with Crippen molar-refractivity contribution in [3.63, 3.8) is 0 Å². The third kappa shape index (κ3) is 1.84. The molecule has 1 aliphatic rings. The Balaban J connectivity index is 2.10. The SMILES string of the molecule is Cc1cc(C)c2nc(C3(C)CCCCC3)[nH]c2c1. The van der Waals surface area contributed by atoms with Crippen LogP contribution < -0.4 is 0 Å². The normalized spacial score (nSPS) is 19.3.